The molecule has 0 spiro atoms. The smallest absolute Gasteiger partial charge is 0.252 e. The molecule has 1 fully saturated rings. The Morgan fingerprint density at radius 3 is 2.68 bits per heavy atom. The zero-order chi connectivity index (χ0) is 17.8. The highest BCUT2D eigenvalue weighted by Gasteiger charge is 2.33. The molecule has 1 heterocycles. The van der Waals surface area contributed by atoms with Crippen LogP contribution < -0.4 is 15.5 Å². The molecule has 0 aromatic heterocycles. The monoisotopic (exact) mass is 373 g/mol. The normalized spacial score (nSPS) is 16.6. The lowest BCUT2D eigenvalue weighted by Crippen LogP contribution is -2.46. The summed E-state index contributed by atoms with van der Waals surface area (Å²) < 4.78 is 5.30. The fourth-order valence-corrected chi connectivity index (χ4v) is 3.85. The summed E-state index contributed by atoms with van der Waals surface area (Å²) >= 11 is 6.95. The topological polar surface area (TPSA) is 53.6 Å². The van der Waals surface area contributed by atoms with Gasteiger partial charge in [0.1, 0.15) is 11.1 Å². The van der Waals surface area contributed by atoms with Crippen molar-refractivity contribution in [2.24, 2.45) is 0 Å². The van der Waals surface area contributed by atoms with Gasteiger partial charge in [0.05, 0.1) is 18.6 Å². The third-order valence-corrected chi connectivity index (χ3v) is 5.21. The van der Waals surface area contributed by atoms with E-state index in [4.69, 9.17) is 17.0 Å². The fourth-order valence-electron chi connectivity index (χ4n) is 2.53. The first-order valence-corrected chi connectivity index (χ1v) is 9.25. The van der Waals surface area contributed by atoms with Gasteiger partial charge in [-0.3, -0.25) is 10.2 Å². The van der Waals surface area contributed by atoms with Crippen molar-refractivity contribution in [1.82, 2.24) is 10.4 Å². The van der Waals surface area contributed by atoms with Gasteiger partial charge in [0.15, 0.2) is 5.11 Å². The summed E-state index contributed by atoms with van der Waals surface area (Å²) in [4.78, 5) is 12.3. The van der Waals surface area contributed by atoms with E-state index in [1.807, 2.05) is 55.5 Å². The number of aryl methyl sites for hydroxylation is 1. The largest absolute Gasteiger partial charge is 0.495 e. The van der Waals surface area contributed by atoms with Gasteiger partial charge in [-0.2, -0.15) is 0 Å². The molecule has 5 nitrogen and oxygen atoms in total. The number of methoxy groups -OCH3 is 1. The molecule has 2 aromatic carbocycles. The number of hydrogen-bond donors (Lipinski definition) is 2. The van der Waals surface area contributed by atoms with Gasteiger partial charge in [0.2, 0.25) is 0 Å². The average molecular weight is 374 g/mol. The van der Waals surface area contributed by atoms with Crippen molar-refractivity contribution in [2.75, 3.05) is 18.2 Å². The Morgan fingerprint density at radius 1 is 1.24 bits per heavy atom. The summed E-state index contributed by atoms with van der Waals surface area (Å²) in [5.41, 5.74) is 6.01. The zero-order valence-electron chi connectivity index (χ0n) is 14.0. The summed E-state index contributed by atoms with van der Waals surface area (Å²) in [5.74, 6) is 1.10. The van der Waals surface area contributed by atoms with Crippen LogP contribution in [0.25, 0.3) is 0 Å². The molecule has 0 bridgehead atoms. The number of carbonyl (C=O) groups is 1. The van der Waals surface area contributed by atoms with Crippen LogP contribution in [0.2, 0.25) is 0 Å². The number of carbonyl (C=O) groups excluding carboxylic acids is 1. The quantitative estimate of drug-likeness (QED) is 0.801. The number of hydrazine groups is 1. The van der Waals surface area contributed by atoms with Gasteiger partial charge >= 0.3 is 0 Å². The number of nitrogens with one attached hydrogen (secondary N) is 2. The van der Waals surface area contributed by atoms with Crippen molar-refractivity contribution in [3.05, 3.63) is 59.7 Å². The molecule has 7 heteroatoms. The van der Waals surface area contributed by atoms with Crippen LogP contribution in [0.1, 0.15) is 16.5 Å². The molecule has 1 atom stereocenters. The van der Waals surface area contributed by atoms with Gasteiger partial charge in [-0.25, -0.2) is 5.01 Å². The SMILES string of the molecule is COc1ccccc1NC(=S)NN1C(=O)CS[C@@H]1c1ccc(C)cc1. The number of benzene rings is 2. The maximum atomic E-state index is 12.3. The molecule has 3 rings (SSSR count). The van der Waals surface area contributed by atoms with Crippen molar-refractivity contribution in [3.63, 3.8) is 0 Å². The number of para-hydroxylation sites is 2. The van der Waals surface area contributed by atoms with Gasteiger partial charge in [0, 0.05) is 0 Å². The lowest BCUT2D eigenvalue weighted by Gasteiger charge is -2.26. The molecule has 2 N–H and O–H groups in total. The van der Waals surface area contributed by atoms with Crippen molar-refractivity contribution in [1.29, 1.82) is 0 Å². The van der Waals surface area contributed by atoms with Crippen LogP contribution in [-0.4, -0.2) is 28.9 Å². The standard InChI is InChI=1S/C18H19N3O2S2/c1-12-7-9-13(10-8-12)17-21(16(22)11-25-17)20-18(24)19-14-5-3-4-6-15(14)23-2/h3-10,17H,11H2,1-2H3,(H2,19,20,24)/t17-/m1/s1. The maximum Gasteiger partial charge on any atom is 0.252 e. The van der Waals surface area contributed by atoms with E-state index in [-0.39, 0.29) is 11.3 Å². The highest BCUT2D eigenvalue weighted by atomic mass is 32.2. The lowest BCUT2D eigenvalue weighted by atomic mass is 10.1. The fraction of sp³-hybridized carbons (Fsp3) is 0.222. The van der Waals surface area contributed by atoms with Gasteiger partial charge in [-0.15, -0.1) is 11.8 Å². The first-order chi connectivity index (χ1) is 12.1. The van der Waals surface area contributed by atoms with E-state index in [1.165, 1.54) is 5.56 Å². The molecule has 1 amide bonds. The van der Waals surface area contributed by atoms with Crippen molar-refractivity contribution >= 4 is 40.7 Å². The molecule has 1 aliphatic rings. The summed E-state index contributed by atoms with van der Waals surface area (Å²) in [6.45, 7) is 2.04. The summed E-state index contributed by atoms with van der Waals surface area (Å²) in [7, 11) is 1.60. The Balaban J connectivity index is 1.72. The van der Waals surface area contributed by atoms with Crippen LogP contribution in [0.3, 0.4) is 0 Å². The summed E-state index contributed by atoms with van der Waals surface area (Å²) in [6.07, 6.45) is 0. The van der Waals surface area contributed by atoms with E-state index < -0.39 is 0 Å². The maximum absolute atomic E-state index is 12.3. The number of amides is 1. The number of thioether (sulfide) groups is 1. The number of rotatable bonds is 4. The van der Waals surface area contributed by atoms with Crippen LogP contribution in [0.4, 0.5) is 5.69 Å². The molecular weight excluding hydrogens is 354 g/mol. The lowest BCUT2D eigenvalue weighted by molar-refractivity contribution is -0.129. The second-order valence-corrected chi connectivity index (χ2v) is 7.08. The highest BCUT2D eigenvalue weighted by molar-refractivity contribution is 8.00. The molecule has 1 saturated heterocycles. The van der Waals surface area contributed by atoms with Crippen molar-refractivity contribution < 1.29 is 9.53 Å². The number of nitrogens with zero attached hydrogens (tertiary/aromatic N) is 1. The second kappa shape index (κ2) is 7.76. The van der Waals surface area contributed by atoms with Crippen LogP contribution in [0.15, 0.2) is 48.5 Å². The molecule has 25 heavy (non-hydrogen) atoms. The first kappa shape index (κ1) is 17.6. The molecule has 130 valence electrons. The minimum absolute atomic E-state index is 0.000230. The van der Waals surface area contributed by atoms with Crippen LogP contribution in [0.5, 0.6) is 5.75 Å². The van der Waals surface area contributed by atoms with Crippen LogP contribution in [-0.2, 0) is 4.79 Å². The van der Waals surface area contributed by atoms with Gasteiger partial charge in [-0.05, 0) is 36.8 Å². The van der Waals surface area contributed by atoms with Crippen molar-refractivity contribution in [2.45, 2.75) is 12.3 Å². The highest BCUT2D eigenvalue weighted by Crippen LogP contribution is 2.37. The molecule has 0 aliphatic carbocycles. The molecule has 0 saturated carbocycles. The Kier molecular flexibility index (Phi) is 5.45. The van der Waals surface area contributed by atoms with E-state index in [1.54, 1.807) is 23.9 Å². The van der Waals surface area contributed by atoms with E-state index in [0.717, 1.165) is 11.3 Å². The number of anilines is 1. The number of ether oxygens (including phenoxy) is 1. The van der Waals surface area contributed by atoms with Crippen LogP contribution in [0, 0.1) is 6.92 Å². The second-order valence-electron chi connectivity index (χ2n) is 5.60. The predicted molar refractivity (Wildman–Crippen MR) is 106 cm³/mol. The molecule has 0 unspecified atom stereocenters. The summed E-state index contributed by atoms with van der Waals surface area (Å²) in [5, 5.41) is 4.90. The summed E-state index contributed by atoms with van der Waals surface area (Å²) in [6, 6.07) is 15.6. The van der Waals surface area contributed by atoms with Gasteiger partial charge < -0.3 is 10.1 Å². The molecule has 1 aliphatic heterocycles. The first-order valence-electron chi connectivity index (χ1n) is 7.79. The van der Waals surface area contributed by atoms with Gasteiger partial charge in [-0.1, -0.05) is 42.0 Å². The molecule has 2 aromatic rings. The minimum Gasteiger partial charge on any atom is -0.495 e. The zero-order valence-corrected chi connectivity index (χ0v) is 15.6. The van der Waals surface area contributed by atoms with E-state index in [0.29, 0.717) is 16.6 Å². The Bertz CT molecular complexity index is 780. The third kappa shape index (κ3) is 4.05. The average Bonchev–Trinajstić information content (AvgIpc) is 2.97. The molecule has 0 radical (unpaired) electrons. The van der Waals surface area contributed by atoms with E-state index >= 15 is 0 Å². The van der Waals surface area contributed by atoms with E-state index in [9.17, 15) is 4.79 Å². The van der Waals surface area contributed by atoms with Crippen molar-refractivity contribution in [3.8, 4) is 5.75 Å². The number of thiocarbonyl (C=S) groups is 1. The Morgan fingerprint density at radius 2 is 1.96 bits per heavy atom. The molecular formula is C18H19N3O2S2. The minimum atomic E-state index is -0.106. The Labute approximate surface area is 156 Å². The third-order valence-electron chi connectivity index (χ3n) is 3.81. The number of hydrogen-bond acceptors (Lipinski definition) is 4. The van der Waals surface area contributed by atoms with Crippen LogP contribution >= 0.6 is 24.0 Å². The predicted octanol–water partition coefficient (Wildman–Crippen LogP) is 3.48. The van der Waals surface area contributed by atoms with E-state index in [2.05, 4.69) is 10.7 Å². The van der Waals surface area contributed by atoms with Gasteiger partial charge in [0.25, 0.3) is 5.91 Å². The Hall–Kier alpha value is -2.25.